The molecule has 0 aromatic carbocycles. The Balaban J connectivity index is 1.67. The van der Waals surface area contributed by atoms with Gasteiger partial charge in [-0.05, 0) is 12.1 Å². The van der Waals surface area contributed by atoms with Crippen LogP contribution in [0.3, 0.4) is 0 Å². The minimum atomic E-state index is 0.712. The second kappa shape index (κ2) is 5.06. The lowest BCUT2D eigenvalue weighted by molar-refractivity contribution is 0.689. The molecule has 0 amide bonds. The fourth-order valence-electron chi connectivity index (χ4n) is 1.75. The average Bonchev–Trinajstić information content (AvgIpc) is 2.97. The molecule has 0 aliphatic carbocycles. The van der Waals surface area contributed by atoms with Crippen LogP contribution in [0.15, 0.2) is 36.2 Å². The summed E-state index contributed by atoms with van der Waals surface area (Å²) in [4.78, 5) is 9.76. The topological polar surface area (TPSA) is 42.2 Å². The summed E-state index contributed by atoms with van der Waals surface area (Å²) in [5, 5.41) is 4.05. The van der Waals surface area contributed by atoms with Gasteiger partial charge in [0.25, 0.3) is 0 Å². The summed E-state index contributed by atoms with van der Waals surface area (Å²) in [6.07, 6.45) is 5.72. The molecular formula is C12H11ClN4S. The summed E-state index contributed by atoms with van der Waals surface area (Å²) in [7, 11) is 0. The Labute approximate surface area is 113 Å². The second-order valence-electron chi connectivity index (χ2n) is 3.92. The molecule has 18 heavy (non-hydrogen) atoms. The molecule has 0 fully saturated rings. The van der Waals surface area contributed by atoms with Gasteiger partial charge in [0.15, 0.2) is 0 Å². The summed E-state index contributed by atoms with van der Waals surface area (Å²) in [5.41, 5.74) is 3.75. The van der Waals surface area contributed by atoms with Gasteiger partial charge >= 0.3 is 0 Å². The van der Waals surface area contributed by atoms with E-state index in [0.29, 0.717) is 5.02 Å². The largest absolute Gasteiger partial charge is 0.306 e. The molecule has 0 saturated heterocycles. The average molecular weight is 279 g/mol. The van der Waals surface area contributed by atoms with Gasteiger partial charge in [-0.2, -0.15) is 0 Å². The minimum absolute atomic E-state index is 0.712. The van der Waals surface area contributed by atoms with Gasteiger partial charge < -0.3 is 9.72 Å². The zero-order valence-corrected chi connectivity index (χ0v) is 11.1. The van der Waals surface area contributed by atoms with Crippen molar-refractivity contribution >= 4 is 28.6 Å². The minimum Gasteiger partial charge on any atom is -0.306 e. The molecule has 0 aliphatic heterocycles. The number of thiazole rings is 1. The molecule has 0 unspecified atom stereocenters. The monoisotopic (exact) mass is 278 g/mol. The summed E-state index contributed by atoms with van der Waals surface area (Å²) in [6, 6.07) is 3.76. The smallest absolute Gasteiger partial charge is 0.137 e. The van der Waals surface area contributed by atoms with Crippen molar-refractivity contribution < 1.29 is 0 Å². The fraction of sp³-hybridized carbons (Fsp3) is 0.167. The van der Waals surface area contributed by atoms with Crippen molar-refractivity contribution in [2.24, 2.45) is 0 Å². The zero-order valence-electron chi connectivity index (χ0n) is 9.51. The van der Waals surface area contributed by atoms with Crippen LogP contribution in [0.25, 0.3) is 5.65 Å². The number of hydrogen-bond donors (Lipinski definition) is 1. The molecule has 0 saturated carbocycles. The normalized spacial score (nSPS) is 11.2. The van der Waals surface area contributed by atoms with Crippen molar-refractivity contribution in [2.45, 2.75) is 13.1 Å². The van der Waals surface area contributed by atoms with Crippen LogP contribution in [0, 0.1) is 0 Å². The van der Waals surface area contributed by atoms with Gasteiger partial charge in [0, 0.05) is 36.6 Å². The van der Waals surface area contributed by atoms with Crippen molar-refractivity contribution in [3.8, 4) is 0 Å². The van der Waals surface area contributed by atoms with Crippen molar-refractivity contribution in [1.82, 2.24) is 19.7 Å². The number of halogens is 1. The number of aromatic nitrogens is 3. The molecule has 3 aromatic heterocycles. The van der Waals surface area contributed by atoms with Crippen molar-refractivity contribution in [3.63, 3.8) is 0 Å². The van der Waals surface area contributed by atoms with Gasteiger partial charge in [0.1, 0.15) is 5.65 Å². The summed E-state index contributed by atoms with van der Waals surface area (Å²) in [5.74, 6) is 0. The van der Waals surface area contributed by atoms with E-state index in [1.807, 2.05) is 40.6 Å². The lowest BCUT2D eigenvalue weighted by Gasteiger charge is -1.98. The fourth-order valence-corrected chi connectivity index (χ4v) is 2.48. The number of nitrogens with one attached hydrogen (secondary N) is 1. The molecule has 1 N–H and O–H groups in total. The van der Waals surface area contributed by atoms with E-state index in [4.69, 9.17) is 11.6 Å². The molecule has 92 valence electrons. The van der Waals surface area contributed by atoms with E-state index in [2.05, 4.69) is 15.3 Å². The number of nitrogens with zero attached hydrogens (tertiary/aromatic N) is 3. The predicted octanol–water partition coefficient (Wildman–Crippen LogP) is 2.73. The number of rotatable bonds is 4. The Kier molecular flexibility index (Phi) is 3.27. The lowest BCUT2D eigenvalue weighted by Crippen LogP contribution is -2.11. The van der Waals surface area contributed by atoms with Crippen LogP contribution in [0.2, 0.25) is 5.02 Å². The molecule has 0 atom stereocenters. The van der Waals surface area contributed by atoms with Crippen LogP contribution in [-0.2, 0) is 13.1 Å². The summed E-state index contributed by atoms with van der Waals surface area (Å²) in [6.45, 7) is 1.55. The number of imidazole rings is 1. The molecule has 4 nitrogen and oxygen atoms in total. The third-order valence-electron chi connectivity index (χ3n) is 2.55. The van der Waals surface area contributed by atoms with E-state index < -0.39 is 0 Å². The third-order valence-corrected chi connectivity index (χ3v) is 3.56. The Hall–Kier alpha value is -1.43. The van der Waals surface area contributed by atoms with Gasteiger partial charge in [0.05, 0.1) is 16.2 Å². The molecule has 0 radical (unpaired) electrons. The lowest BCUT2D eigenvalue weighted by atomic mass is 10.4. The highest BCUT2D eigenvalue weighted by molar-refractivity contribution is 7.09. The van der Waals surface area contributed by atoms with Crippen molar-refractivity contribution in [3.05, 3.63) is 51.8 Å². The first-order chi connectivity index (χ1) is 8.81. The Morgan fingerprint density at radius 2 is 2.22 bits per heavy atom. The Bertz CT molecular complexity index is 647. The van der Waals surface area contributed by atoms with E-state index >= 15 is 0 Å². The Morgan fingerprint density at radius 3 is 3.06 bits per heavy atom. The number of fused-ring (bicyclic) bond motifs is 1. The van der Waals surface area contributed by atoms with E-state index in [-0.39, 0.29) is 0 Å². The first-order valence-electron chi connectivity index (χ1n) is 5.52. The maximum atomic E-state index is 5.93. The molecular weight excluding hydrogens is 268 g/mol. The molecule has 3 rings (SSSR count). The zero-order chi connectivity index (χ0) is 12.4. The third kappa shape index (κ3) is 2.53. The Morgan fingerprint density at radius 1 is 1.28 bits per heavy atom. The van der Waals surface area contributed by atoms with Crippen LogP contribution in [0.5, 0.6) is 0 Å². The van der Waals surface area contributed by atoms with Gasteiger partial charge in [0.2, 0.25) is 0 Å². The number of pyridine rings is 1. The molecule has 3 heterocycles. The van der Waals surface area contributed by atoms with Gasteiger partial charge in [-0.25, -0.2) is 4.98 Å². The maximum absolute atomic E-state index is 5.93. The van der Waals surface area contributed by atoms with Gasteiger partial charge in [-0.15, -0.1) is 11.3 Å². The highest BCUT2D eigenvalue weighted by atomic mass is 35.5. The quantitative estimate of drug-likeness (QED) is 0.798. The van der Waals surface area contributed by atoms with Crippen LogP contribution in [-0.4, -0.2) is 14.4 Å². The molecule has 0 spiro atoms. The van der Waals surface area contributed by atoms with Crippen LogP contribution < -0.4 is 5.32 Å². The standard InChI is InChI=1S/C12H11ClN4S/c13-9-1-2-12-16-10(7-17(12)6-9)3-14-4-11-5-15-8-18-11/h1-2,5-8,14H,3-4H2. The summed E-state index contributed by atoms with van der Waals surface area (Å²) >= 11 is 7.58. The number of hydrogen-bond acceptors (Lipinski definition) is 4. The van der Waals surface area contributed by atoms with E-state index in [9.17, 15) is 0 Å². The van der Waals surface area contributed by atoms with Crippen molar-refractivity contribution in [1.29, 1.82) is 0 Å². The molecule has 3 aromatic rings. The van der Waals surface area contributed by atoms with E-state index in [1.54, 1.807) is 11.3 Å². The maximum Gasteiger partial charge on any atom is 0.137 e. The summed E-state index contributed by atoms with van der Waals surface area (Å²) < 4.78 is 1.94. The first-order valence-corrected chi connectivity index (χ1v) is 6.78. The van der Waals surface area contributed by atoms with Gasteiger partial charge in [-0.1, -0.05) is 11.6 Å². The van der Waals surface area contributed by atoms with Crippen LogP contribution >= 0.6 is 22.9 Å². The predicted molar refractivity (Wildman–Crippen MR) is 72.9 cm³/mol. The SMILES string of the molecule is Clc1ccc2nc(CNCc3cncs3)cn2c1. The highest BCUT2D eigenvalue weighted by Gasteiger charge is 2.02. The van der Waals surface area contributed by atoms with Crippen molar-refractivity contribution in [2.75, 3.05) is 0 Å². The van der Waals surface area contributed by atoms with Crippen LogP contribution in [0.4, 0.5) is 0 Å². The second-order valence-corrected chi connectivity index (χ2v) is 5.32. The molecule has 0 aliphatic rings. The van der Waals surface area contributed by atoms with E-state index in [1.165, 1.54) is 4.88 Å². The highest BCUT2D eigenvalue weighted by Crippen LogP contribution is 2.12. The van der Waals surface area contributed by atoms with Crippen LogP contribution in [0.1, 0.15) is 10.6 Å². The van der Waals surface area contributed by atoms with Gasteiger partial charge in [-0.3, -0.25) is 4.98 Å². The molecule has 0 bridgehead atoms. The molecule has 6 heteroatoms. The first kappa shape index (κ1) is 11.6. The van der Waals surface area contributed by atoms with E-state index in [0.717, 1.165) is 24.4 Å².